The molecule has 0 atom stereocenters. The number of anilines is 1. The summed E-state index contributed by atoms with van der Waals surface area (Å²) in [7, 11) is 1.86. The van der Waals surface area contributed by atoms with Gasteiger partial charge in [0, 0.05) is 38.7 Å². The lowest BCUT2D eigenvalue weighted by Crippen LogP contribution is -2.49. The van der Waals surface area contributed by atoms with Crippen LogP contribution in [-0.2, 0) is 17.6 Å². The molecule has 0 unspecified atom stereocenters. The summed E-state index contributed by atoms with van der Waals surface area (Å²) in [5.74, 6) is 1.93. The SMILES string of the molecule is Cc1nc2c(c(N3CCN(C)C(=O)C3)n1)CCNCC2. The van der Waals surface area contributed by atoms with Crippen molar-refractivity contribution in [1.82, 2.24) is 20.2 Å². The summed E-state index contributed by atoms with van der Waals surface area (Å²) in [6, 6.07) is 0. The summed E-state index contributed by atoms with van der Waals surface area (Å²) >= 11 is 0. The van der Waals surface area contributed by atoms with Crippen LogP contribution in [0.2, 0.25) is 0 Å². The van der Waals surface area contributed by atoms with Crippen LogP contribution in [0.5, 0.6) is 0 Å². The number of piperazine rings is 1. The number of hydrogen-bond donors (Lipinski definition) is 1. The van der Waals surface area contributed by atoms with Crippen molar-refractivity contribution < 1.29 is 4.79 Å². The highest BCUT2D eigenvalue weighted by Gasteiger charge is 2.26. The maximum Gasteiger partial charge on any atom is 0.241 e. The molecule has 0 aromatic carbocycles. The summed E-state index contributed by atoms with van der Waals surface area (Å²) < 4.78 is 0. The van der Waals surface area contributed by atoms with Gasteiger partial charge >= 0.3 is 0 Å². The van der Waals surface area contributed by atoms with Crippen LogP contribution >= 0.6 is 0 Å². The Bertz CT molecular complexity index is 531. The molecule has 0 radical (unpaired) electrons. The topological polar surface area (TPSA) is 61.4 Å². The number of rotatable bonds is 1. The predicted molar refractivity (Wildman–Crippen MR) is 76.9 cm³/mol. The van der Waals surface area contributed by atoms with E-state index in [0.717, 1.165) is 56.4 Å². The third kappa shape index (κ3) is 2.47. The van der Waals surface area contributed by atoms with E-state index in [1.54, 1.807) is 4.90 Å². The lowest BCUT2D eigenvalue weighted by atomic mass is 10.1. The summed E-state index contributed by atoms with van der Waals surface area (Å²) in [5.41, 5.74) is 2.36. The summed E-state index contributed by atoms with van der Waals surface area (Å²) in [6.45, 7) is 5.87. The second kappa shape index (κ2) is 5.36. The average Bonchev–Trinajstić information content (AvgIpc) is 2.66. The van der Waals surface area contributed by atoms with E-state index >= 15 is 0 Å². The lowest BCUT2D eigenvalue weighted by Gasteiger charge is -2.34. The second-order valence-electron chi connectivity index (χ2n) is 5.51. The Kier molecular flexibility index (Phi) is 3.56. The molecule has 2 aliphatic rings. The number of nitrogens with zero attached hydrogens (tertiary/aromatic N) is 4. The number of aryl methyl sites for hydroxylation is 1. The van der Waals surface area contributed by atoms with Gasteiger partial charge in [0.25, 0.3) is 0 Å². The number of aromatic nitrogens is 2. The fraction of sp³-hybridized carbons (Fsp3) is 0.643. The van der Waals surface area contributed by atoms with Crippen LogP contribution in [0, 0.1) is 6.92 Å². The van der Waals surface area contributed by atoms with Crippen molar-refractivity contribution in [2.45, 2.75) is 19.8 Å². The van der Waals surface area contributed by atoms with E-state index in [1.165, 1.54) is 5.56 Å². The molecule has 1 fully saturated rings. The highest BCUT2D eigenvalue weighted by Crippen LogP contribution is 2.24. The molecule has 108 valence electrons. The van der Waals surface area contributed by atoms with Gasteiger partial charge in [0.15, 0.2) is 0 Å². The standard InChI is InChI=1S/C14H21N5O/c1-10-16-12-4-6-15-5-3-11(12)14(17-10)19-8-7-18(2)13(20)9-19/h15H,3-9H2,1-2H3. The summed E-state index contributed by atoms with van der Waals surface area (Å²) in [6.07, 6.45) is 1.87. The number of nitrogens with one attached hydrogen (secondary N) is 1. The zero-order valence-corrected chi connectivity index (χ0v) is 12.1. The first kappa shape index (κ1) is 13.3. The number of amides is 1. The molecule has 1 aromatic rings. The molecule has 20 heavy (non-hydrogen) atoms. The second-order valence-corrected chi connectivity index (χ2v) is 5.51. The van der Waals surface area contributed by atoms with Gasteiger partial charge in [-0.25, -0.2) is 9.97 Å². The fourth-order valence-electron chi connectivity index (χ4n) is 2.85. The molecule has 3 heterocycles. The molecule has 1 amide bonds. The molecule has 0 bridgehead atoms. The Morgan fingerprint density at radius 3 is 2.75 bits per heavy atom. The van der Waals surface area contributed by atoms with Gasteiger partial charge in [-0.3, -0.25) is 4.79 Å². The minimum Gasteiger partial charge on any atom is -0.345 e. The molecule has 3 rings (SSSR count). The quantitative estimate of drug-likeness (QED) is 0.766. The Hall–Kier alpha value is -1.69. The van der Waals surface area contributed by atoms with Crippen molar-refractivity contribution in [1.29, 1.82) is 0 Å². The van der Waals surface area contributed by atoms with Crippen molar-refractivity contribution in [3.63, 3.8) is 0 Å². The molecule has 0 spiro atoms. The maximum absolute atomic E-state index is 11.9. The molecule has 1 N–H and O–H groups in total. The van der Waals surface area contributed by atoms with Crippen LogP contribution < -0.4 is 10.2 Å². The van der Waals surface area contributed by atoms with E-state index < -0.39 is 0 Å². The van der Waals surface area contributed by atoms with Gasteiger partial charge in [0.05, 0.1) is 12.2 Å². The van der Waals surface area contributed by atoms with Crippen molar-refractivity contribution in [2.24, 2.45) is 0 Å². The molecule has 0 aliphatic carbocycles. The largest absolute Gasteiger partial charge is 0.345 e. The summed E-state index contributed by atoms with van der Waals surface area (Å²) in [5, 5.41) is 3.40. The van der Waals surface area contributed by atoms with Gasteiger partial charge in [-0.15, -0.1) is 0 Å². The highest BCUT2D eigenvalue weighted by molar-refractivity contribution is 5.82. The van der Waals surface area contributed by atoms with Crippen LogP contribution in [0.1, 0.15) is 17.1 Å². The number of carbonyl (C=O) groups excluding carboxylic acids is 1. The predicted octanol–water partition coefficient (Wildman–Crippen LogP) is -0.248. The molecule has 1 saturated heterocycles. The monoisotopic (exact) mass is 275 g/mol. The van der Waals surface area contributed by atoms with Gasteiger partial charge in [0.2, 0.25) is 5.91 Å². The number of likely N-dealkylation sites (N-methyl/N-ethyl adjacent to an activating group) is 1. The van der Waals surface area contributed by atoms with E-state index in [9.17, 15) is 4.79 Å². The first-order valence-corrected chi connectivity index (χ1v) is 7.21. The van der Waals surface area contributed by atoms with Crippen LogP contribution in [0.25, 0.3) is 0 Å². The van der Waals surface area contributed by atoms with Gasteiger partial charge in [-0.05, 0) is 19.9 Å². The van der Waals surface area contributed by atoms with E-state index in [0.29, 0.717) is 6.54 Å². The number of carbonyl (C=O) groups is 1. The van der Waals surface area contributed by atoms with Crippen LogP contribution in [0.4, 0.5) is 5.82 Å². The van der Waals surface area contributed by atoms with E-state index in [2.05, 4.69) is 20.2 Å². The van der Waals surface area contributed by atoms with Gasteiger partial charge < -0.3 is 15.1 Å². The van der Waals surface area contributed by atoms with Gasteiger partial charge in [-0.2, -0.15) is 0 Å². The molecular formula is C14H21N5O. The van der Waals surface area contributed by atoms with Crippen LogP contribution in [0.15, 0.2) is 0 Å². The first-order chi connectivity index (χ1) is 9.65. The minimum atomic E-state index is 0.160. The zero-order chi connectivity index (χ0) is 14.1. The van der Waals surface area contributed by atoms with Crippen molar-refractivity contribution in [2.75, 3.05) is 44.7 Å². The smallest absolute Gasteiger partial charge is 0.241 e. The Morgan fingerprint density at radius 1 is 1.15 bits per heavy atom. The normalized spacial score (nSPS) is 19.8. The molecule has 6 nitrogen and oxygen atoms in total. The lowest BCUT2D eigenvalue weighted by molar-refractivity contribution is -0.129. The van der Waals surface area contributed by atoms with E-state index in [1.807, 2.05) is 14.0 Å². The minimum absolute atomic E-state index is 0.160. The fourth-order valence-corrected chi connectivity index (χ4v) is 2.85. The molecule has 0 saturated carbocycles. The summed E-state index contributed by atoms with van der Waals surface area (Å²) in [4.78, 5) is 25.0. The molecule has 2 aliphatic heterocycles. The van der Waals surface area contributed by atoms with Crippen LogP contribution in [0.3, 0.4) is 0 Å². The first-order valence-electron chi connectivity index (χ1n) is 7.21. The molecule has 1 aromatic heterocycles. The third-order valence-corrected chi connectivity index (χ3v) is 4.03. The molecule has 6 heteroatoms. The van der Waals surface area contributed by atoms with Crippen molar-refractivity contribution >= 4 is 11.7 Å². The number of hydrogen-bond acceptors (Lipinski definition) is 5. The van der Waals surface area contributed by atoms with E-state index in [-0.39, 0.29) is 5.91 Å². The van der Waals surface area contributed by atoms with E-state index in [4.69, 9.17) is 0 Å². The van der Waals surface area contributed by atoms with Crippen LogP contribution in [-0.4, -0.2) is 60.5 Å². The Balaban J connectivity index is 1.96. The number of fused-ring (bicyclic) bond motifs is 1. The third-order valence-electron chi connectivity index (χ3n) is 4.03. The Morgan fingerprint density at radius 2 is 1.95 bits per heavy atom. The van der Waals surface area contributed by atoms with Crippen molar-refractivity contribution in [3.05, 3.63) is 17.1 Å². The average molecular weight is 275 g/mol. The van der Waals surface area contributed by atoms with Crippen molar-refractivity contribution in [3.8, 4) is 0 Å². The molecular weight excluding hydrogens is 254 g/mol. The Labute approximate surface area is 119 Å². The highest BCUT2D eigenvalue weighted by atomic mass is 16.2. The zero-order valence-electron chi connectivity index (χ0n) is 12.1. The maximum atomic E-state index is 11.9. The van der Waals surface area contributed by atoms with Gasteiger partial charge in [-0.1, -0.05) is 0 Å². The van der Waals surface area contributed by atoms with Gasteiger partial charge in [0.1, 0.15) is 11.6 Å².